The molecule has 1 fully saturated rings. The average molecular weight is 348 g/mol. The van der Waals surface area contributed by atoms with E-state index in [0.29, 0.717) is 6.04 Å². The quantitative estimate of drug-likeness (QED) is 0.712. The third kappa shape index (κ3) is 2.56. The van der Waals surface area contributed by atoms with Crippen LogP contribution >= 0.6 is 0 Å². The van der Waals surface area contributed by atoms with Crippen LogP contribution in [0.15, 0.2) is 36.8 Å². The van der Waals surface area contributed by atoms with Crippen LogP contribution in [0.5, 0.6) is 0 Å². The van der Waals surface area contributed by atoms with Gasteiger partial charge in [-0.15, -0.1) is 0 Å². The van der Waals surface area contributed by atoms with Gasteiger partial charge < -0.3 is 4.90 Å². The number of benzene rings is 1. The SMILES string of the molecule is Cn1ncc2c(N3CCN([C@H]4CCCc5ccccc54)CC3)ncnc21. The maximum absolute atomic E-state index is 4.56. The van der Waals surface area contributed by atoms with Crippen molar-refractivity contribution in [2.75, 3.05) is 31.1 Å². The second-order valence-electron chi connectivity index (χ2n) is 7.33. The highest BCUT2D eigenvalue weighted by molar-refractivity contribution is 5.86. The van der Waals surface area contributed by atoms with E-state index in [1.54, 1.807) is 17.5 Å². The molecule has 6 heteroatoms. The van der Waals surface area contributed by atoms with Gasteiger partial charge in [0.2, 0.25) is 0 Å². The minimum Gasteiger partial charge on any atom is -0.353 e. The molecule has 3 aromatic rings. The van der Waals surface area contributed by atoms with Crippen LogP contribution in [0.4, 0.5) is 5.82 Å². The third-order valence-electron chi connectivity index (χ3n) is 5.90. The van der Waals surface area contributed by atoms with Crippen LogP contribution in [0.3, 0.4) is 0 Å². The molecule has 6 nitrogen and oxygen atoms in total. The summed E-state index contributed by atoms with van der Waals surface area (Å²) in [5.74, 6) is 1.02. The lowest BCUT2D eigenvalue weighted by atomic mass is 9.86. The van der Waals surface area contributed by atoms with Crippen LogP contribution in [0, 0.1) is 0 Å². The maximum atomic E-state index is 4.56. The fraction of sp³-hybridized carbons (Fsp3) is 0.450. The zero-order valence-electron chi connectivity index (χ0n) is 15.2. The molecule has 0 amide bonds. The van der Waals surface area contributed by atoms with Gasteiger partial charge in [0.05, 0.1) is 11.6 Å². The first-order chi connectivity index (χ1) is 12.8. The molecule has 1 atom stereocenters. The zero-order valence-corrected chi connectivity index (χ0v) is 15.2. The van der Waals surface area contributed by atoms with Crippen LogP contribution in [-0.2, 0) is 13.5 Å². The van der Waals surface area contributed by atoms with E-state index in [-0.39, 0.29) is 0 Å². The fourth-order valence-corrected chi connectivity index (χ4v) is 4.55. The number of hydrogen-bond acceptors (Lipinski definition) is 5. The molecule has 5 rings (SSSR count). The minimum absolute atomic E-state index is 0.575. The van der Waals surface area contributed by atoms with Gasteiger partial charge in [-0.05, 0) is 30.4 Å². The standard InChI is InChI=1S/C20H24N6/c1-24-19-17(13-23-24)20(22-14-21-19)26-11-9-25(10-12-26)18-8-4-6-15-5-2-3-7-16(15)18/h2-3,5,7,13-14,18H,4,6,8-12H2,1H3/t18-/m0/s1. The molecule has 0 radical (unpaired) electrons. The number of aryl methyl sites for hydroxylation is 2. The second kappa shape index (κ2) is 6.36. The van der Waals surface area contributed by atoms with Crippen LogP contribution in [-0.4, -0.2) is 50.8 Å². The molecule has 134 valence electrons. The predicted molar refractivity (Wildman–Crippen MR) is 102 cm³/mol. The summed E-state index contributed by atoms with van der Waals surface area (Å²) in [6, 6.07) is 9.57. The third-order valence-corrected chi connectivity index (χ3v) is 5.90. The van der Waals surface area contributed by atoms with Crippen molar-refractivity contribution in [3.05, 3.63) is 47.9 Å². The van der Waals surface area contributed by atoms with Gasteiger partial charge in [0.25, 0.3) is 0 Å². The summed E-state index contributed by atoms with van der Waals surface area (Å²) in [7, 11) is 1.93. The van der Waals surface area contributed by atoms with E-state index >= 15 is 0 Å². The van der Waals surface area contributed by atoms with Crippen molar-refractivity contribution in [2.45, 2.75) is 25.3 Å². The van der Waals surface area contributed by atoms with Gasteiger partial charge in [-0.3, -0.25) is 9.58 Å². The number of piperazine rings is 1. The van der Waals surface area contributed by atoms with E-state index < -0.39 is 0 Å². The first-order valence-electron chi connectivity index (χ1n) is 9.51. The number of anilines is 1. The highest BCUT2D eigenvalue weighted by Crippen LogP contribution is 2.35. The zero-order chi connectivity index (χ0) is 17.5. The fourth-order valence-electron chi connectivity index (χ4n) is 4.55. The number of rotatable bonds is 2. The molecule has 0 saturated carbocycles. The van der Waals surface area contributed by atoms with Gasteiger partial charge in [0, 0.05) is 39.3 Å². The summed E-state index contributed by atoms with van der Waals surface area (Å²) in [5, 5.41) is 5.39. The molecule has 1 aromatic carbocycles. The van der Waals surface area contributed by atoms with E-state index in [1.165, 1.54) is 19.3 Å². The van der Waals surface area contributed by atoms with Crippen molar-refractivity contribution in [3.63, 3.8) is 0 Å². The number of fused-ring (bicyclic) bond motifs is 2. The number of nitrogens with zero attached hydrogens (tertiary/aromatic N) is 6. The lowest BCUT2D eigenvalue weighted by Crippen LogP contribution is -2.48. The van der Waals surface area contributed by atoms with Crippen molar-refractivity contribution in [2.24, 2.45) is 7.05 Å². The van der Waals surface area contributed by atoms with Crippen LogP contribution in [0.2, 0.25) is 0 Å². The van der Waals surface area contributed by atoms with Crippen molar-refractivity contribution in [3.8, 4) is 0 Å². The monoisotopic (exact) mass is 348 g/mol. The first kappa shape index (κ1) is 15.8. The second-order valence-corrected chi connectivity index (χ2v) is 7.33. The van der Waals surface area contributed by atoms with Crippen LogP contribution in [0.25, 0.3) is 11.0 Å². The lowest BCUT2D eigenvalue weighted by molar-refractivity contribution is 0.168. The Morgan fingerprint density at radius 1 is 1.04 bits per heavy atom. The van der Waals surface area contributed by atoms with Crippen molar-refractivity contribution < 1.29 is 0 Å². The molecule has 2 aliphatic rings. The molecule has 2 aromatic heterocycles. The summed E-state index contributed by atoms with van der Waals surface area (Å²) < 4.78 is 1.82. The highest BCUT2D eigenvalue weighted by atomic mass is 15.3. The molecule has 0 spiro atoms. The van der Waals surface area contributed by atoms with Gasteiger partial charge in [-0.2, -0.15) is 5.10 Å². The van der Waals surface area contributed by atoms with E-state index in [0.717, 1.165) is 43.0 Å². The smallest absolute Gasteiger partial charge is 0.163 e. The summed E-state index contributed by atoms with van der Waals surface area (Å²) in [5.41, 5.74) is 3.99. The first-order valence-corrected chi connectivity index (χ1v) is 9.51. The van der Waals surface area contributed by atoms with Gasteiger partial charge >= 0.3 is 0 Å². The van der Waals surface area contributed by atoms with Crippen molar-refractivity contribution >= 4 is 16.9 Å². The Labute approximate surface area is 153 Å². The summed E-state index contributed by atoms with van der Waals surface area (Å²) in [4.78, 5) is 14.0. The van der Waals surface area contributed by atoms with E-state index in [9.17, 15) is 0 Å². The Balaban J connectivity index is 1.35. The van der Waals surface area contributed by atoms with E-state index in [4.69, 9.17) is 0 Å². The summed E-state index contributed by atoms with van der Waals surface area (Å²) >= 11 is 0. The molecular formula is C20H24N6. The molecule has 0 unspecified atom stereocenters. The van der Waals surface area contributed by atoms with Gasteiger partial charge in [-0.25, -0.2) is 9.97 Å². The Kier molecular flexibility index (Phi) is 3.85. The van der Waals surface area contributed by atoms with Gasteiger partial charge in [-0.1, -0.05) is 24.3 Å². The molecule has 0 bridgehead atoms. The maximum Gasteiger partial charge on any atom is 0.163 e. The molecule has 1 aliphatic heterocycles. The van der Waals surface area contributed by atoms with Gasteiger partial charge in [0.15, 0.2) is 5.65 Å². The van der Waals surface area contributed by atoms with Crippen LogP contribution < -0.4 is 4.90 Å². The topological polar surface area (TPSA) is 50.1 Å². The van der Waals surface area contributed by atoms with E-state index in [1.807, 2.05) is 17.9 Å². The highest BCUT2D eigenvalue weighted by Gasteiger charge is 2.29. The summed E-state index contributed by atoms with van der Waals surface area (Å²) in [6.45, 7) is 4.15. The summed E-state index contributed by atoms with van der Waals surface area (Å²) in [6.07, 6.45) is 7.34. The predicted octanol–water partition coefficient (Wildman–Crippen LogP) is 2.56. The number of aromatic nitrogens is 4. The Hall–Kier alpha value is -2.47. The average Bonchev–Trinajstić information content (AvgIpc) is 3.09. The van der Waals surface area contributed by atoms with Crippen molar-refractivity contribution in [1.29, 1.82) is 0 Å². The Bertz CT molecular complexity index is 925. The number of hydrogen-bond donors (Lipinski definition) is 0. The van der Waals surface area contributed by atoms with E-state index in [2.05, 4.69) is 49.1 Å². The molecule has 1 saturated heterocycles. The largest absolute Gasteiger partial charge is 0.353 e. The minimum atomic E-state index is 0.575. The molecule has 3 heterocycles. The lowest BCUT2D eigenvalue weighted by Gasteiger charge is -2.42. The molecule has 26 heavy (non-hydrogen) atoms. The van der Waals surface area contributed by atoms with Gasteiger partial charge in [0.1, 0.15) is 12.1 Å². The van der Waals surface area contributed by atoms with Crippen LogP contribution in [0.1, 0.15) is 30.0 Å². The Morgan fingerprint density at radius 2 is 1.88 bits per heavy atom. The Morgan fingerprint density at radius 3 is 2.77 bits per heavy atom. The molecule has 0 N–H and O–H groups in total. The molecular weight excluding hydrogens is 324 g/mol. The van der Waals surface area contributed by atoms with Crippen molar-refractivity contribution in [1.82, 2.24) is 24.6 Å². The normalized spacial score (nSPS) is 21.1. The molecule has 1 aliphatic carbocycles.